The zero-order valence-corrected chi connectivity index (χ0v) is 10.5. The number of nitrogens with one attached hydrogen (secondary N) is 1. The minimum absolute atomic E-state index is 0.440. The summed E-state index contributed by atoms with van der Waals surface area (Å²) in [5.74, 6) is 1.08. The van der Waals surface area contributed by atoms with Crippen LogP contribution >= 0.6 is 23.2 Å². The van der Waals surface area contributed by atoms with Crippen LogP contribution in [0.15, 0.2) is 24.5 Å². The lowest BCUT2D eigenvalue weighted by atomic mass is 10.3. The Kier molecular flexibility index (Phi) is 3.36. The molecular weight excluding hydrogens is 259 g/mol. The van der Waals surface area contributed by atoms with Crippen LogP contribution in [0.2, 0.25) is 10.0 Å². The van der Waals surface area contributed by atoms with Crippen molar-refractivity contribution in [3.63, 3.8) is 0 Å². The molecule has 0 amide bonds. The Balaban J connectivity index is 2.34. The molecule has 0 aliphatic rings. The Morgan fingerprint density at radius 2 is 1.76 bits per heavy atom. The average molecular weight is 269 g/mol. The summed E-state index contributed by atoms with van der Waals surface area (Å²) in [4.78, 5) is 8.00. The molecular formula is C11H10Cl2N4. The summed E-state index contributed by atoms with van der Waals surface area (Å²) in [7, 11) is 0. The quantitative estimate of drug-likeness (QED) is 0.876. The van der Waals surface area contributed by atoms with Crippen LogP contribution in [0.1, 0.15) is 5.56 Å². The third-order valence-corrected chi connectivity index (χ3v) is 2.68. The number of hydrogen-bond acceptors (Lipinski definition) is 4. The molecule has 0 atom stereocenters. The molecule has 2 rings (SSSR count). The van der Waals surface area contributed by atoms with Gasteiger partial charge in [0.15, 0.2) is 0 Å². The highest BCUT2D eigenvalue weighted by atomic mass is 35.5. The minimum Gasteiger partial charge on any atom is -0.383 e. The maximum atomic E-state index is 5.91. The van der Waals surface area contributed by atoms with Gasteiger partial charge < -0.3 is 11.1 Å². The third-order valence-electron chi connectivity index (χ3n) is 2.25. The number of rotatable bonds is 2. The lowest BCUT2D eigenvalue weighted by Crippen LogP contribution is -2.01. The molecule has 3 N–H and O–H groups in total. The van der Waals surface area contributed by atoms with E-state index in [1.807, 2.05) is 6.92 Å². The number of halogens is 2. The van der Waals surface area contributed by atoms with Gasteiger partial charge in [0.1, 0.15) is 18.0 Å². The van der Waals surface area contributed by atoms with Gasteiger partial charge in [-0.15, -0.1) is 0 Å². The van der Waals surface area contributed by atoms with Crippen molar-refractivity contribution in [3.8, 4) is 0 Å². The summed E-state index contributed by atoms with van der Waals surface area (Å²) in [5, 5.41) is 4.21. The van der Waals surface area contributed by atoms with Gasteiger partial charge in [0.2, 0.25) is 0 Å². The monoisotopic (exact) mass is 268 g/mol. The first-order chi connectivity index (χ1) is 8.06. The molecule has 2 aromatic rings. The highest BCUT2D eigenvalue weighted by Crippen LogP contribution is 2.26. The van der Waals surface area contributed by atoms with E-state index in [-0.39, 0.29) is 0 Å². The number of nitrogens with two attached hydrogens (primary N) is 1. The van der Waals surface area contributed by atoms with Gasteiger partial charge in [-0.1, -0.05) is 23.2 Å². The topological polar surface area (TPSA) is 63.8 Å². The number of anilines is 3. The van der Waals surface area contributed by atoms with Crippen molar-refractivity contribution in [2.24, 2.45) is 0 Å². The number of hydrogen-bond donors (Lipinski definition) is 2. The molecule has 4 nitrogen and oxygen atoms in total. The summed E-state index contributed by atoms with van der Waals surface area (Å²) in [6.45, 7) is 1.84. The van der Waals surface area contributed by atoms with Gasteiger partial charge in [-0.25, -0.2) is 9.97 Å². The summed E-state index contributed by atoms with van der Waals surface area (Å²) in [6.07, 6.45) is 1.40. The Bertz CT molecular complexity index is 537. The SMILES string of the molecule is Cc1c(N)ncnc1Nc1cc(Cl)cc(Cl)c1. The first-order valence-corrected chi connectivity index (χ1v) is 5.62. The van der Waals surface area contributed by atoms with Gasteiger partial charge >= 0.3 is 0 Å². The highest BCUT2D eigenvalue weighted by Gasteiger charge is 2.05. The molecule has 0 radical (unpaired) electrons. The molecule has 17 heavy (non-hydrogen) atoms. The molecule has 0 bridgehead atoms. The highest BCUT2D eigenvalue weighted by molar-refractivity contribution is 6.35. The zero-order valence-electron chi connectivity index (χ0n) is 9.04. The first kappa shape index (κ1) is 12.0. The van der Waals surface area contributed by atoms with Crippen LogP contribution in [-0.4, -0.2) is 9.97 Å². The van der Waals surface area contributed by atoms with Crippen molar-refractivity contribution in [3.05, 3.63) is 40.1 Å². The van der Waals surface area contributed by atoms with Crippen LogP contribution in [0.4, 0.5) is 17.3 Å². The molecule has 88 valence electrons. The predicted octanol–water partition coefficient (Wildman–Crippen LogP) is 3.42. The molecule has 1 aromatic carbocycles. The van der Waals surface area contributed by atoms with Crippen LogP contribution in [0.25, 0.3) is 0 Å². The standard InChI is InChI=1S/C11H10Cl2N4/c1-6-10(14)15-5-16-11(6)17-9-3-7(12)2-8(13)4-9/h2-5H,1H3,(H3,14,15,16,17). The molecule has 0 unspecified atom stereocenters. The molecule has 0 saturated heterocycles. The summed E-state index contributed by atoms with van der Waals surface area (Å²) < 4.78 is 0. The van der Waals surface area contributed by atoms with Crippen molar-refractivity contribution in [1.29, 1.82) is 0 Å². The minimum atomic E-state index is 0.440. The van der Waals surface area contributed by atoms with Crippen LogP contribution in [-0.2, 0) is 0 Å². The van der Waals surface area contributed by atoms with Crippen molar-refractivity contribution in [1.82, 2.24) is 9.97 Å². The number of nitrogen functional groups attached to an aromatic ring is 1. The largest absolute Gasteiger partial charge is 0.383 e. The van der Waals surface area contributed by atoms with E-state index < -0.39 is 0 Å². The zero-order chi connectivity index (χ0) is 12.4. The fourth-order valence-electron chi connectivity index (χ4n) is 1.35. The van der Waals surface area contributed by atoms with E-state index in [0.29, 0.717) is 21.7 Å². The Labute approximate surface area is 109 Å². The normalized spacial score (nSPS) is 10.3. The Hall–Kier alpha value is -1.52. The van der Waals surface area contributed by atoms with Crippen molar-refractivity contribution < 1.29 is 0 Å². The van der Waals surface area contributed by atoms with Crippen LogP contribution < -0.4 is 11.1 Å². The molecule has 0 saturated carbocycles. The molecule has 0 aliphatic carbocycles. The van der Waals surface area contributed by atoms with Crippen molar-refractivity contribution >= 4 is 40.5 Å². The molecule has 0 aliphatic heterocycles. The predicted molar refractivity (Wildman–Crippen MR) is 70.9 cm³/mol. The fraction of sp³-hybridized carbons (Fsp3) is 0.0909. The molecule has 0 spiro atoms. The molecule has 6 heteroatoms. The van der Waals surface area contributed by atoms with Gasteiger partial charge in [-0.3, -0.25) is 0 Å². The van der Waals surface area contributed by atoms with Crippen molar-refractivity contribution in [2.45, 2.75) is 6.92 Å². The van der Waals surface area contributed by atoms with E-state index in [4.69, 9.17) is 28.9 Å². The van der Waals surface area contributed by atoms with Crippen LogP contribution in [0.3, 0.4) is 0 Å². The molecule has 1 heterocycles. The van der Waals surface area contributed by atoms with Crippen LogP contribution in [0.5, 0.6) is 0 Å². The summed E-state index contributed by atoms with van der Waals surface area (Å²) in [5.41, 5.74) is 7.23. The second-order valence-corrected chi connectivity index (χ2v) is 4.39. The number of nitrogens with zero attached hydrogens (tertiary/aromatic N) is 2. The summed E-state index contributed by atoms with van der Waals surface area (Å²) in [6, 6.07) is 5.17. The maximum Gasteiger partial charge on any atom is 0.138 e. The Morgan fingerprint density at radius 1 is 1.12 bits per heavy atom. The number of aromatic nitrogens is 2. The van der Waals surface area contributed by atoms with Crippen molar-refractivity contribution in [2.75, 3.05) is 11.1 Å². The van der Waals surface area contributed by atoms with E-state index in [1.54, 1.807) is 18.2 Å². The lowest BCUT2D eigenvalue weighted by molar-refractivity contribution is 1.14. The van der Waals surface area contributed by atoms with E-state index in [0.717, 1.165) is 11.3 Å². The van der Waals surface area contributed by atoms with Gasteiger partial charge in [0, 0.05) is 21.3 Å². The van der Waals surface area contributed by atoms with Gasteiger partial charge in [0.25, 0.3) is 0 Å². The first-order valence-electron chi connectivity index (χ1n) is 4.86. The smallest absolute Gasteiger partial charge is 0.138 e. The Morgan fingerprint density at radius 3 is 2.41 bits per heavy atom. The fourth-order valence-corrected chi connectivity index (χ4v) is 1.88. The van der Waals surface area contributed by atoms with Gasteiger partial charge in [-0.05, 0) is 25.1 Å². The van der Waals surface area contributed by atoms with E-state index in [1.165, 1.54) is 6.33 Å². The summed E-state index contributed by atoms with van der Waals surface area (Å²) >= 11 is 11.8. The van der Waals surface area contributed by atoms with Gasteiger partial charge in [0.05, 0.1) is 0 Å². The molecule has 1 aromatic heterocycles. The van der Waals surface area contributed by atoms with Crippen LogP contribution in [0, 0.1) is 6.92 Å². The van der Waals surface area contributed by atoms with E-state index in [9.17, 15) is 0 Å². The average Bonchev–Trinajstić information content (AvgIpc) is 2.23. The molecule has 0 fully saturated rings. The van der Waals surface area contributed by atoms with Gasteiger partial charge in [-0.2, -0.15) is 0 Å². The van der Waals surface area contributed by atoms with E-state index in [2.05, 4.69) is 15.3 Å². The second kappa shape index (κ2) is 4.77. The lowest BCUT2D eigenvalue weighted by Gasteiger charge is -2.09. The van der Waals surface area contributed by atoms with E-state index >= 15 is 0 Å². The number of benzene rings is 1. The maximum absolute atomic E-state index is 5.91. The second-order valence-electron chi connectivity index (χ2n) is 3.52. The third kappa shape index (κ3) is 2.78.